The second-order valence-electron chi connectivity index (χ2n) is 5.06. The van der Waals surface area contributed by atoms with Gasteiger partial charge in [0.1, 0.15) is 5.82 Å². The highest BCUT2D eigenvalue weighted by Crippen LogP contribution is 2.30. The van der Waals surface area contributed by atoms with Crippen molar-refractivity contribution >= 4 is 27.0 Å². The maximum absolute atomic E-state index is 13.3. The quantitative estimate of drug-likeness (QED) is 0.848. The SMILES string of the molecule is Nc1cc(F)cc(S(=O)(=O)NCc2cc3c(s2)CCC3)c1. The predicted octanol–water partition coefficient (Wildman–Crippen LogP) is 2.44. The van der Waals surface area contributed by atoms with Crippen molar-refractivity contribution in [3.05, 3.63) is 45.4 Å². The lowest BCUT2D eigenvalue weighted by Gasteiger charge is -2.07. The van der Waals surface area contributed by atoms with Gasteiger partial charge in [-0.3, -0.25) is 0 Å². The van der Waals surface area contributed by atoms with Crippen LogP contribution in [-0.2, 0) is 29.4 Å². The average Bonchev–Trinajstić information content (AvgIpc) is 2.95. The molecular formula is C14H15FN2O2S2. The molecule has 0 radical (unpaired) electrons. The average molecular weight is 326 g/mol. The minimum absolute atomic E-state index is 0.0884. The van der Waals surface area contributed by atoms with Gasteiger partial charge in [0.25, 0.3) is 0 Å². The minimum Gasteiger partial charge on any atom is -0.399 e. The number of aryl methyl sites for hydroxylation is 2. The molecule has 21 heavy (non-hydrogen) atoms. The molecule has 1 heterocycles. The monoisotopic (exact) mass is 326 g/mol. The Morgan fingerprint density at radius 1 is 1.24 bits per heavy atom. The van der Waals surface area contributed by atoms with Crippen LogP contribution in [0.4, 0.5) is 10.1 Å². The zero-order chi connectivity index (χ0) is 15.0. The van der Waals surface area contributed by atoms with Gasteiger partial charge in [0.2, 0.25) is 10.0 Å². The summed E-state index contributed by atoms with van der Waals surface area (Å²) in [6.45, 7) is 0.219. The third kappa shape index (κ3) is 3.09. The number of benzene rings is 1. The Labute approximate surface area is 126 Å². The predicted molar refractivity (Wildman–Crippen MR) is 81.2 cm³/mol. The first-order chi connectivity index (χ1) is 9.94. The molecule has 0 fully saturated rings. The smallest absolute Gasteiger partial charge is 0.241 e. The Balaban J connectivity index is 1.76. The van der Waals surface area contributed by atoms with E-state index in [9.17, 15) is 12.8 Å². The number of hydrogen-bond donors (Lipinski definition) is 2. The number of halogens is 1. The third-order valence-electron chi connectivity index (χ3n) is 3.44. The van der Waals surface area contributed by atoms with Gasteiger partial charge in [-0.25, -0.2) is 17.5 Å². The van der Waals surface area contributed by atoms with Crippen molar-refractivity contribution < 1.29 is 12.8 Å². The first kappa shape index (κ1) is 14.5. The molecule has 1 aromatic heterocycles. The molecular weight excluding hydrogens is 311 g/mol. The molecule has 0 bridgehead atoms. The van der Waals surface area contributed by atoms with E-state index in [2.05, 4.69) is 10.8 Å². The molecule has 0 amide bonds. The van der Waals surface area contributed by atoms with E-state index in [1.807, 2.05) is 0 Å². The van der Waals surface area contributed by atoms with Crippen LogP contribution in [0.1, 0.15) is 21.7 Å². The molecule has 0 unspecified atom stereocenters. The van der Waals surface area contributed by atoms with Crippen molar-refractivity contribution in [2.75, 3.05) is 5.73 Å². The fraction of sp³-hybridized carbons (Fsp3) is 0.286. The highest BCUT2D eigenvalue weighted by molar-refractivity contribution is 7.89. The molecule has 0 saturated carbocycles. The normalized spacial score (nSPS) is 14.3. The van der Waals surface area contributed by atoms with E-state index in [1.165, 1.54) is 22.9 Å². The molecule has 1 aliphatic carbocycles. The molecule has 0 atom stereocenters. The van der Waals surface area contributed by atoms with Crippen LogP contribution in [0, 0.1) is 5.82 Å². The van der Waals surface area contributed by atoms with Crippen LogP contribution in [0.15, 0.2) is 29.2 Å². The Morgan fingerprint density at radius 2 is 2.05 bits per heavy atom. The van der Waals surface area contributed by atoms with Gasteiger partial charge >= 0.3 is 0 Å². The van der Waals surface area contributed by atoms with E-state index in [1.54, 1.807) is 11.3 Å². The van der Waals surface area contributed by atoms with Gasteiger partial charge in [0, 0.05) is 22.0 Å². The Hall–Kier alpha value is -1.44. The molecule has 1 aliphatic rings. The maximum Gasteiger partial charge on any atom is 0.241 e. The van der Waals surface area contributed by atoms with Crippen molar-refractivity contribution in [1.82, 2.24) is 4.72 Å². The number of thiophene rings is 1. The van der Waals surface area contributed by atoms with Gasteiger partial charge < -0.3 is 5.73 Å². The molecule has 0 aliphatic heterocycles. The molecule has 0 spiro atoms. The summed E-state index contributed by atoms with van der Waals surface area (Å²) >= 11 is 1.64. The molecule has 4 nitrogen and oxygen atoms in total. The molecule has 7 heteroatoms. The summed E-state index contributed by atoms with van der Waals surface area (Å²) in [6, 6.07) is 5.35. The second kappa shape index (κ2) is 5.40. The molecule has 0 saturated heterocycles. The van der Waals surface area contributed by atoms with Crippen molar-refractivity contribution in [1.29, 1.82) is 0 Å². The van der Waals surface area contributed by atoms with Gasteiger partial charge in [-0.1, -0.05) is 0 Å². The van der Waals surface area contributed by atoms with Crippen molar-refractivity contribution in [3.63, 3.8) is 0 Å². The van der Waals surface area contributed by atoms with E-state index >= 15 is 0 Å². The summed E-state index contributed by atoms with van der Waals surface area (Å²) in [5.41, 5.74) is 6.89. The van der Waals surface area contributed by atoms with Gasteiger partial charge in [-0.05, 0) is 49.1 Å². The summed E-state index contributed by atoms with van der Waals surface area (Å²) < 4.78 is 40.1. The largest absolute Gasteiger partial charge is 0.399 e. The summed E-state index contributed by atoms with van der Waals surface area (Å²) in [4.78, 5) is 2.18. The number of sulfonamides is 1. The Kier molecular flexibility index (Phi) is 3.73. The Bertz CT molecular complexity index is 743. The molecule has 3 N–H and O–H groups in total. The van der Waals surface area contributed by atoms with E-state index < -0.39 is 15.8 Å². The molecule has 2 aromatic rings. The molecule has 112 valence electrons. The van der Waals surface area contributed by atoms with Crippen LogP contribution >= 0.6 is 11.3 Å². The summed E-state index contributed by atoms with van der Waals surface area (Å²) in [5.74, 6) is -0.662. The summed E-state index contributed by atoms with van der Waals surface area (Å²) in [6.07, 6.45) is 3.32. The lowest BCUT2D eigenvalue weighted by molar-refractivity contribution is 0.578. The summed E-state index contributed by atoms with van der Waals surface area (Å²) in [7, 11) is -3.76. The highest BCUT2D eigenvalue weighted by Gasteiger charge is 2.18. The number of anilines is 1. The van der Waals surface area contributed by atoms with Gasteiger partial charge in [-0.15, -0.1) is 11.3 Å². The van der Waals surface area contributed by atoms with Crippen LogP contribution in [-0.4, -0.2) is 8.42 Å². The van der Waals surface area contributed by atoms with Crippen LogP contribution in [0.25, 0.3) is 0 Å². The van der Waals surface area contributed by atoms with E-state index in [0.717, 1.165) is 29.9 Å². The standard InChI is InChI=1S/C14H15FN2O2S2/c15-10-5-11(16)7-13(6-10)21(18,19)17-8-12-4-9-2-1-3-14(9)20-12/h4-7,17H,1-3,8,16H2. The molecule has 3 rings (SSSR count). The van der Waals surface area contributed by atoms with E-state index in [4.69, 9.17) is 5.73 Å². The number of nitrogen functional groups attached to an aromatic ring is 1. The first-order valence-electron chi connectivity index (χ1n) is 6.60. The summed E-state index contributed by atoms with van der Waals surface area (Å²) in [5, 5.41) is 0. The van der Waals surface area contributed by atoms with Crippen LogP contribution in [0.3, 0.4) is 0 Å². The van der Waals surface area contributed by atoms with Crippen LogP contribution < -0.4 is 10.5 Å². The topological polar surface area (TPSA) is 72.2 Å². The van der Waals surface area contributed by atoms with Crippen LogP contribution in [0.5, 0.6) is 0 Å². The fourth-order valence-corrected chi connectivity index (χ4v) is 4.83. The minimum atomic E-state index is -3.76. The third-order valence-corrected chi connectivity index (χ3v) is 6.06. The van der Waals surface area contributed by atoms with Gasteiger partial charge in [0.05, 0.1) is 4.90 Å². The van der Waals surface area contributed by atoms with Crippen molar-refractivity contribution in [2.24, 2.45) is 0 Å². The highest BCUT2D eigenvalue weighted by atomic mass is 32.2. The van der Waals surface area contributed by atoms with Crippen molar-refractivity contribution in [3.8, 4) is 0 Å². The number of hydrogen-bond acceptors (Lipinski definition) is 4. The zero-order valence-corrected chi connectivity index (χ0v) is 12.9. The van der Waals surface area contributed by atoms with Crippen LogP contribution in [0.2, 0.25) is 0 Å². The fourth-order valence-electron chi connectivity index (χ4n) is 2.47. The number of nitrogens with one attached hydrogen (secondary N) is 1. The lowest BCUT2D eigenvalue weighted by atomic mass is 10.2. The van der Waals surface area contributed by atoms with E-state index in [0.29, 0.717) is 0 Å². The number of fused-ring (bicyclic) bond motifs is 1. The number of rotatable bonds is 4. The van der Waals surface area contributed by atoms with Gasteiger partial charge in [0.15, 0.2) is 0 Å². The number of nitrogens with two attached hydrogens (primary N) is 1. The van der Waals surface area contributed by atoms with E-state index in [-0.39, 0.29) is 17.1 Å². The Morgan fingerprint density at radius 3 is 2.76 bits per heavy atom. The van der Waals surface area contributed by atoms with Gasteiger partial charge in [-0.2, -0.15) is 0 Å². The van der Waals surface area contributed by atoms with Crippen molar-refractivity contribution in [2.45, 2.75) is 30.7 Å². The second-order valence-corrected chi connectivity index (χ2v) is 8.05. The lowest BCUT2D eigenvalue weighted by Crippen LogP contribution is -2.23. The maximum atomic E-state index is 13.3. The zero-order valence-electron chi connectivity index (χ0n) is 11.2. The molecule has 1 aromatic carbocycles. The first-order valence-corrected chi connectivity index (χ1v) is 8.90.